The van der Waals surface area contributed by atoms with Crippen molar-refractivity contribution in [1.29, 1.82) is 0 Å². The highest BCUT2D eigenvalue weighted by atomic mass is 16.7. The van der Waals surface area contributed by atoms with Crippen LogP contribution < -0.4 is 15.8 Å². The Morgan fingerprint density at radius 2 is 2.05 bits per heavy atom. The highest BCUT2D eigenvalue weighted by Crippen LogP contribution is 2.38. The van der Waals surface area contributed by atoms with Gasteiger partial charge in [0.15, 0.2) is 18.7 Å². The lowest BCUT2D eigenvalue weighted by Crippen LogP contribution is -2.33. The molecule has 1 saturated heterocycles. The summed E-state index contributed by atoms with van der Waals surface area (Å²) < 4.78 is 13.5. The van der Waals surface area contributed by atoms with Gasteiger partial charge in [-0.2, -0.15) is 5.10 Å². The standard InChI is InChI=1S/C28H29N7O3/c1-2-12-34-13-6-9-20(15-34)35-26-23(25(29)30-16-31-26)24(33-35)19-10-11-21-22(14-19)37-17-38-28(21)32-27(36)18-7-4-3-5-8-18/h2-5,7-8,10-12,14,16,20,28H,6,9,13,15,17H2,1H3,(H,32,36)(H2,29,30,31)/t20-,28-/m1/s1. The van der Waals surface area contributed by atoms with Crippen LogP contribution in [0.1, 0.15) is 48.0 Å². The predicted octanol–water partition coefficient (Wildman–Crippen LogP) is 4.04. The molecule has 1 fully saturated rings. The van der Waals surface area contributed by atoms with Crippen LogP contribution in [0.2, 0.25) is 0 Å². The van der Waals surface area contributed by atoms with E-state index in [-0.39, 0.29) is 18.7 Å². The number of nitrogen functional groups attached to an aromatic ring is 1. The number of fused-ring (bicyclic) bond motifs is 2. The number of anilines is 1. The molecule has 0 bridgehead atoms. The number of nitrogens with two attached hydrogens (primary N) is 1. The van der Waals surface area contributed by atoms with Crippen LogP contribution in [0.5, 0.6) is 5.75 Å². The zero-order valence-corrected chi connectivity index (χ0v) is 21.1. The lowest BCUT2D eigenvalue weighted by molar-refractivity contribution is -0.0696. The van der Waals surface area contributed by atoms with Crippen LogP contribution in [0.4, 0.5) is 5.82 Å². The van der Waals surface area contributed by atoms with Crippen LogP contribution in [0, 0.1) is 0 Å². The molecule has 10 nitrogen and oxygen atoms in total. The maximum atomic E-state index is 12.7. The van der Waals surface area contributed by atoms with Crippen LogP contribution >= 0.6 is 0 Å². The summed E-state index contributed by atoms with van der Waals surface area (Å²) >= 11 is 0. The summed E-state index contributed by atoms with van der Waals surface area (Å²) in [6.45, 7) is 3.91. The van der Waals surface area contributed by atoms with Gasteiger partial charge < -0.3 is 25.4 Å². The number of rotatable bonds is 5. The van der Waals surface area contributed by atoms with Gasteiger partial charge in [-0.25, -0.2) is 14.6 Å². The van der Waals surface area contributed by atoms with Crippen LogP contribution in [0.25, 0.3) is 22.3 Å². The second kappa shape index (κ2) is 10.1. The molecule has 0 aliphatic carbocycles. The van der Waals surface area contributed by atoms with E-state index < -0.39 is 6.23 Å². The first-order valence-electron chi connectivity index (χ1n) is 12.7. The molecule has 10 heteroatoms. The van der Waals surface area contributed by atoms with Crippen molar-refractivity contribution in [3.63, 3.8) is 0 Å². The van der Waals surface area contributed by atoms with E-state index in [0.717, 1.165) is 48.1 Å². The third-order valence-electron chi connectivity index (χ3n) is 6.97. The Hall–Kier alpha value is -4.44. The number of hydrogen-bond donors (Lipinski definition) is 2. The van der Waals surface area contributed by atoms with Gasteiger partial charge >= 0.3 is 0 Å². The number of aromatic nitrogens is 4. The Morgan fingerprint density at radius 3 is 2.89 bits per heavy atom. The normalized spacial score (nSPS) is 19.3. The molecule has 2 aliphatic rings. The van der Waals surface area contributed by atoms with E-state index in [0.29, 0.717) is 22.8 Å². The van der Waals surface area contributed by atoms with E-state index >= 15 is 0 Å². The summed E-state index contributed by atoms with van der Waals surface area (Å²) in [4.78, 5) is 23.9. The average Bonchev–Trinajstić information content (AvgIpc) is 3.35. The minimum absolute atomic E-state index is 0.0134. The number of carbonyl (C=O) groups is 1. The van der Waals surface area contributed by atoms with E-state index in [1.807, 2.05) is 48.0 Å². The highest BCUT2D eigenvalue weighted by Gasteiger charge is 2.28. The number of nitrogens with one attached hydrogen (secondary N) is 1. The number of piperidine rings is 1. The monoisotopic (exact) mass is 511 g/mol. The first-order valence-corrected chi connectivity index (χ1v) is 12.7. The zero-order valence-electron chi connectivity index (χ0n) is 21.1. The van der Waals surface area contributed by atoms with Crippen molar-refractivity contribution in [2.45, 2.75) is 32.0 Å². The number of benzene rings is 2. The van der Waals surface area contributed by atoms with E-state index in [2.05, 4.69) is 32.5 Å². The fourth-order valence-corrected chi connectivity index (χ4v) is 5.17. The minimum Gasteiger partial charge on any atom is -0.467 e. The second-order valence-electron chi connectivity index (χ2n) is 9.43. The third kappa shape index (κ3) is 4.43. The average molecular weight is 512 g/mol. The van der Waals surface area contributed by atoms with Crippen molar-refractivity contribution in [1.82, 2.24) is 30.0 Å². The Labute approximate surface area is 220 Å². The molecule has 2 aromatic carbocycles. The summed E-state index contributed by atoms with van der Waals surface area (Å²) in [6.07, 6.45) is 7.10. The van der Waals surface area contributed by atoms with Gasteiger partial charge in [-0.05, 0) is 44.2 Å². The number of ether oxygens (including phenoxy) is 2. The molecule has 6 rings (SSSR count). The van der Waals surface area contributed by atoms with Crippen LogP contribution in [-0.4, -0.2) is 50.4 Å². The summed E-state index contributed by atoms with van der Waals surface area (Å²) in [5.41, 5.74) is 9.88. The number of likely N-dealkylation sites (tertiary alicyclic amines) is 1. The Morgan fingerprint density at radius 1 is 1.18 bits per heavy atom. The van der Waals surface area contributed by atoms with Gasteiger partial charge in [0, 0.05) is 29.8 Å². The van der Waals surface area contributed by atoms with Crippen LogP contribution in [0.3, 0.4) is 0 Å². The molecule has 2 aromatic heterocycles. The minimum atomic E-state index is -0.636. The van der Waals surface area contributed by atoms with Gasteiger partial charge in [0.2, 0.25) is 0 Å². The van der Waals surface area contributed by atoms with Gasteiger partial charge in [0.05, 0.1) is 11.4 Å². The number of allylic oxidation sites excluding steroid dienone is 1. The highest BCUT2D eigenvalue weighted by molar-refractivity contribution is 5.98. The molecule has 2 aliphatic heterocycles. The molecule has 0 spiro atoms. The Bertz CT molecular complexity index is 1500. The zero-order chi connectivity index (χ0) is 26.1. The third-order valence-corrected chi connectivity index (χ3v) is 6.97. The van der Waals surface area contributed by atoms with Crippen molar-refractivity contribution in [2.24, 2.45) is 0 Å². The first kappa shape index (κ1) is 23.9. The van der Waals surface area contributed by atoms with Crippen molar-refractivity contribution in [3.8, 4) is 17.0 Å². The Kier molecular flexibility index (Phi) is 6.38. The number of nitrogens with zero attached hydrogens (tertiary/aromatic N) is 5. The SMILES string of the molecule is CC=CN1CCC[C@@H](n2nc(-c3ccc4c(c3)OCO[C@H]4NC(=O)c3ccccc3)c3c(N)ncnc32)C1. The van der Waals surface area contributed by atoms with Crippen molar-refractivity contribution >= 4 is 22.8 Å². The maximum absolute atomic E-state index is 12.7. The summed E-state index contributed by atoms with van der Waals surface area (Å²) in [5, 5.41) is 8.68. The molecule has 0 radical (unpaired) electrons. The van der Waals surface area contributed by atoms with Gasteiger partial charge in [0.1, 0.15) is 23.6 Å². The molecular weight excluding hydrogens is 482 g/mol. The summed E-state index contributed by atoms with van der Waals surface area (Å²) in [6, 6.07) is 14.9. The molecule has 0 unspecified atom stereocenters. The molecule has 3 N–H and O–H groups in total. The quantitative estimate of drug-likeness (QED) is 0.412. The fraction of sp³-hybridized carbons (Fsp3) is 0.286. The number of amides is 1. The van der Waals surface area contributed by atoms with Crippen molar-refractivity contribution in [3.05, 3.63) is 78.3 Å². The van der Waals surface area contributed by atoms with E-state index in [4.69, 9.17) is 20.3 Å². The largest absolute Gasteiger partial charge is 0.467 e. The van der Waals surface area contributed by atoms with Crippen LogP contribution in [0.15, 0.2) is 67.1 Å². The fourth-order valence-electron chi connectivity index (χ4n) is 5.17. The molecule has 4 heterocycles. The number of hydrogen-bond acceptors (Lipinski definition) is 8. The van der Waals surface area contributed by atoms with Gasteiger partial charge in [-0.1, -0.05) is 36.4 Å². The smallest absolute Gasteiger partial charge is 0.253 e. The van der Waals surface area contributed by atoms with E-state index in [9.17, 15) is 4.79 Å². The lowest BCUT2D eigenvalue weighted by Gasteiger charge is -2.32. The molecule has 4 aromatic rings. The molecule has 0 saturated carbocycles. The van der Waals surface area contributed by atoms with Crippen molar-refractivity contribution < 1.29 is 14.3 Å². The topological polar surface area (TPSA) is 120 Å². The molecule has 38 heavy (non-hydrogen) atoms. The molecular formula is C28H29N7O3. The predicted molar refractivity (Wildman–Crippen MR) is 143 cm³/mol. The first-order chi connectivity index (χ1) is 18.6. The van der Waals surface area contributed by atoms with Crippen molar-refractivity contribution in [2.75, 3.05) is 25.6 Å². The molecule has 194 valence electrons. The van der Waals surface area contributed by atoms with Gasteiger partial charge in [-0.15, -0.1) is 0 Å². The lowest BCUT2D eigenvalue weighted by atomic mass is 10.0. The summed E-state index contributed by atoms with van der Waals surface area (Å²) in [7, 11) is 0. The molecule has 1 amide bonds. The second-order valence-corrected chi connectivity index (χ2v) is 9.43. The molecule has 2 atom stereocenters. The van der Waals surface area contributed by atoms with Crippen LogP contribution in [-0.2, 0) is 4.74 Å². The maximum Gasteiger partial charge on any atom is 0.253 e. The van der Waals surface area contributed by atoms with E-state index in [1.54, 1.807) is 12.1 Å². The summed E-state index contributed by atoms with van der Waals surface area (Å²) in [5.74, 6) is 0.774. The van der Waals surface area contributed by atoms with E-state index in [1.165, 1.54) is 6.33 Å². The van der Waals surface area contributed by atoms with Gasteiger partial charge in [-0.3, -0.25) is 4.79 Å². The Balaban J connectivity index is 1.35. The van der Waals surface area contributed by atoms with Gasteiger partial charge in [0.25, 0.3) is 5.91 Å². The number of carbonyl (C=O) groups excluding carboxylic acids is 1.